The Balaban J connectivity index is 2.41. The maximum atomic E-state index is 11.8. The number of benzene rings is 1. The molecule has 0 radical (unpaired) electrons. The Morgan fingerprint density at radius 3 is 2.57 bits per heavy atom. The molecule has 1 aromatic carbocycles. The van der Waals surface area contributed by atoms with Gasteiger partial charge in [0.1, 0.15) is 11.8 Å². The minimum atomic E-state index is -0.624. The van der Waals surface area contributed by atoms with E-state index in [1.54, 1.807) is 31.2 Å². The second kappa shape index (κ2) is 6.97. The molecule has 0 saturated heterocycles. The largest absolute Gasteiger partial charge is 0.484 e. The molecule has 0 aliphatic rings. The molecule has 6 nitrogen and oxygen atoms in total. The number of nitrogens with two attached hydrogens (primary N) is 1. The Hall–Kier alpha value is -2.24. The maximum Gasteiger partial charge on any atom is 0.258 e. The third-order valence-corrected chi connectivity index (χ3v) is 2.50. The van der Waals surface area contributed by atoms with Crippen LogP contribution in [0.4, 0.5) is 5.69 Å². The number of hydrogen-bond donors (Lipinski definition) is 3. The van der Waals surface area contributed by atoms with Crippen LogP contribution >= 0.6 is 0 Å². The summed E-state index contributed by atoms with van der Waals surface area (Å²) < 4.78 is 5.31. The van der Waals surface area contributed by atoms with Crippen molar-refractivity contribution >= 4 is 17.5 Å². The van der Waals surface area contributed by atoms with Crippen LogP contribution < -0.4 is 21.1 Å². The summed E-state index contributed by atoms with van der Waals surface area (Å²) in [5.41, 5.74) is 5.83. The lowest BCUT2D eigenvalue weighted by atomic mass is 10.1. The fourth-order valence-corrected chi connectivity index (χ4v) is 1.58. The lowest BCUT2D eigenvalue weighted by Gasteiger charge is -2.23. The molecule has 0 saturated carbocycles. The number of amides is 2. The molecule has 1 atom stereocenters. The summed E-state index contributed by atoms with van der Waals surface area (Å²) in [5.74, 6) is -0.0919. The number of carbonyl (C=O) groups is 2. The van der Waals surface area contributed by atoms with E-state index in [4.69, 9.17) is 10.5 Å². The first-order valence-corrected chi connectivity index (χ1v) is 6.77. The van der Waals surface area contributed by atoms with Crippen molar-refractivity contribution in [2.45, 2.75) is 39.3 Å². The Bertz CT molecular complexity index is 509. The van der Waals surface area contributed by atoms with Crippen LogP contribution in [-0.2, 0) is 9.59 Å². The van der Waals surface area contributed by atoms with Gasteiger partial charge in [-0.1, -0.05) is 6.07 Å². The number of rotatable bonds is 5. The van der Waals surface area contributed by atoms with Gasteiger partial charge in [-0.05, 0) is 39.8 Å². The Labute approximate surface area is 125 Å². The van der Waals surface area contributed by atoms with E-state index in [-0.39, 0.29) is 24.0 Å². The second-order valence-electron chi connectivity index (χ2n) is 5.89. The summed E-state index contributed by atoms with van der Waals surface area (Å²) in [6.45, 7) is 7.09. The lowest BCUT2D eigenvalue weighted by Crippen LogP contribution is -2.51. The number of ether oxygens (including phenoxy) is 1. The highest BCUT2D eigenvalue weighted by Gasteiger charge is 2.20. The van der Waals surface area contributed by atoms with E-state index in [1.165, 1.54) is 0 Å². The third kappa shape index (κ3) is 6.65. The highest BCUT2D eigenvalue weighted by atomic mass is 16.5. The first-order valence-electron chi connectivity index (χ1n) is 6.77. The van der Waals surface area contributed by atoms with Crippen LogP contribution in [0.5, 0.6) is 5.75 Å². The number of nitrogens with one attached hydrogen (secondary N) is 2. The number of nitrogen functional groups attached to an aromatic ring is 1. The predicted octanol–water partition coefficient (Wildman–Crippen LogP) is 1.07. The van der Waals surface area contributed by atoms with Gasteiger partial charge >= 0.3 is 0 Å². The molecule has 116 valence electrons. The molecule has 1 rings (SSSR count). The van der Waals surface area contributed by atoms with E-state index in [9.17, 15) is 9.59 Å². The lowest BCUT2D eigenvalue weighted by molar-refractivity contribution is -0.130. The maximum absolute atomic E-state index is 11.8. The molecule has 4 N–H and O–H groups in total. The van der Waals surface area contributed by atoms with Crippen LogP contribution in [0, 0.1) is 0 Å². The molecule has 0 heterocycles. The van der Waals surface area contributed by atoms with Gasteiger partial charge in [-0.15, -0.1) is 0 Å². The third-order valence-electron chi connectivity index (χ3n) is 2.50. The topological polar surface area (TPSA) is 93.4 Å². The summed E-state index contributed by atoms with van der Waals surface area (Å²) in [5, 5.41) is 5.37. The molecule has 1 aromatic rings. The van der Waals surface area contributed by atoms with Gasteiger partial charge in [0, 0.05) is 17.3 Å². The summed E-state index contributed by atoms with van der Waals surface area (Å²) in [4.78, 5) is 23.6. The normalized spacial score (nSPS) is 12.4. The standard InChI is InChI=1S/C15H23N3O3/c1-10(14(20)18-15(2,3)4)17-13(19)9-21-12-7-5-6-11(16)8-12/h5-8,10H,9,16H2,1-4H3,(H,17,19)(H,18,20). The molecule has 0 spiro atoms. The molecule has 21 heavy (non-hydrogen) atoms. The predicted molar refractivity (Wildman–Crippen MR) is 81.8 cm³/mol. The molecule has 1 unspecified atom stereocenters. The minimum absolute atomic E-state index is 0.170. The zero-order chi connectivity index (χ0) is 16.0. The molecular weight excluding hydrogens is 270 g/mol. The summed E-state index contributed by atoms with van der Waals surface area (Å²) >= 11 is 0. The average molecular weight is 293 g/mol. The van der Waals surface area contributed by atoms with Crippen LogP contribution in [-0.4, -0.2) is 30.0 Å². The SMILES string of the molecule is CC(NC(=O)COc1cccc(N)c1)C(=O)NC(C)(C)C. The molecule has 6 heteroatoms. The van der Waals surface area contributed by atoms with Crippen molar-refractivity contribution in [2.75, 3.05) is 12.3 Å². The molecule has 2 amide bonds. The fourth-order valence-electron chi connectivity index (χ4n) is 1.58. The van der Waals surface area contributed by atoms with E-state index >= 15 is 0 Å². The van der Waals surface area contributed by atoms with Gasteiger partial charge in [0.25, 0.3) is 5.91 Å². The number of hydrogen-bond acceptors (Lipinski definition) is 4. The summed E-state index contributed by atoms with van der Waals surface area (Å²) in [7, 11) is 0. The molecule has 0 aromatic heterocycles. The first-order chi connectivity index (χ1) is 9.67. The highest BCUT2D eigenvalue weighted by Crippen LogP contribution is 2.14. The minimum Gasteiger partial charge on any atom is -0.484 e. The van der Waals surface area contributed by atoms with Crippen molar-refractivity contribution in [2.24, 2.45) is 0 Å². The van der Waals surface area contributed by atoms with Gasteiger partial charge < -0.3 is 21.1 Å². The van der Waals surface area contributed by atoms with Gasteiger partial charge in [-0.3, -0.25) is 9.59 Å². The second-order valence-corrected chi connectivity index (χ2v) is 5.89. The van der Waals surface area contributed by atoms with Crippen LogP contribution in [0.3, 0.4) is 0 Å². The zero-order valence-corrected chi connectivity index (χ0v) is 12.9. The van der Waals surface area contributed by atoms with E-state index in [1.807, 2.05) is 20.8 Å². The van der Waals surface area contributed by atoms with Gasteiger partial charge in [-0.2, -0.15) is 0 Å². The monoisotopic (exact) mass is 293 g/mol. The van der Waals surface area contributed by atoms with E-state index in [0.717, 1.165) is 0 Å². The van der Waals surface area contributed by atoms with Crippen LogP contribution in [0.15, 0.2) is 24.3 Å². The fraction of sp³-hybridized carbons (Fsp3) is 0.467. The zero-order valence-electron chi connectivity index (χ0n) is 12.9. The van der Waals surface area contributed by atoms with Crippen LogP contribution in [0.2, 0.25) is 0 Å². The first kappa shape index (κ1) is 16.8. The van der Waals surface area contributed by atoms with Crippen LogP contribution in [0.1, 0.15) is 27.7 Å². The average Bonchev–Trinajstić information content (AvgIpc) is 2.34. The molecule has 0 bridgehead atoms. The Morgan fingerprint density at radius 1 is 1.33 bits per heavy atom. The van der Waals surface area contributed by atoms with Crippen molar-refractivity contribution in [1.82, 2.24) is 10.6 Å². The van der Waals surface area contributed by atoms with Crippen molar-refractivity contribution < 1.29 is 14.3 Å². The van der Waals surface area contributed by atoms with E-state index < -0.39 is 6.04 Å². The molecule has 0 aliphatic heterocycles. The quantitative estimate of drug-likeness (QED) is 0.708. The summed E-state index contributed by atoms with van der Waals surface area (Å²) in [6.07, 6.45) is 0. The van der Waals surface area contributed by atoms with Crippen molar-refractivity contribution in [3.8, 4) is 5.75 Å². The van der Waals surface area contributed by atoms with Gasteiger partial charge in [0.2, 0.25) is 5.91 Å². The number of anilines is 1. The van der Waals surface area contributed by atoms with Gasteiger partial charge in [0.15, 0.2) is 6.61 Å². The van der Waals surface area contributed by atoms with Gasteiger partial charge in [-0.25, -0.2) is 0 Å². The van der Waals surface area contributed by atoms with Gasteiger partial charge in [0.05, 0.1) is 0 Å². The van der Waals surface area contributed by atoms with Crippen molar-refractivity contribution in [3.05, 3.63) is 24.3 Å². The van der Waals surface area contributed by atoms with Crippen molar-refractivity contribution in [1.29, 1.82) is 0 Å². The molecule has 0 fully saturated rings. The van der Waals surface area contributed by atoms with E-state index in [2.05, 4.69) is 10.6 Å². The van der Waals surface area contributed by atoms with Crippen LogP contribution in [0.25, 0.3) is 0 Å². The highest BCUT2D eigenvalue weighted by molar-refractivity contribution is 5.88. The molecular formula is C15H23N3O3. The number of carbonyl (C=O) groups excluding carboxylic acids is 2. The Morgan fingerprint density at radius 2 is 2.00 bits per heavy atom. The van der Waals surface area contributed by atoms with Crippen molar-refractivity contribution in [3.63, 3.8) is 0 Å². The Kier molecular flexibility index (Phi) is 5.58. The van der Waals surface area contributed by atoms with E-state index in [0.29, 0.717) is 11.4 Å². The summed E-state index contributed by atoms with van der Waals surface area (Å²) in [6, 6.07) is 6.18. The smallest absolute Gasteiger partial charge is 0.258 e. The molecule has 0 aliphatic carbocycles.